The maximum absolute atomic E-state index is 11.9. The van der Waals surface area contributed by atoms with E-state index in [9.17, 15) is 8.42 Å². The van der Waals surface area contributed by atoms with Crippen LogP contribution in [0.15, 0.2) is 18.5 Å². The lowest BCUT2D eigenvalue weighted by atomic mass is 10.1. The van der Waals surface area contributed by atoms with E-state index in [0.717, 1.165) is 49.6 Å². The van der Waals surface area contributed by atoms with Crippen molar-refractivity contribution in [3.8, 4) is 0 Å². The third kappa shape index (κ3) is 4.34. The first-order valence-corrected chi connectivity index (χ1v) is 10.8. The Morgan fingerprint density at radius 2 is 1.92 bits per heavy atom. The number of halogens is 1. The van der Waals surface area contributed by atoms with Crippen LogP contribution in [-0.4, -0.2) is 79.1 Å². The summed E-state index contributed by atoms with van der Waals surface area (Å²) in [6.45, 7) is 3.85. The van der Waals surface area contributed by atoms with Gasteiger partial charge in [0.1, 0.15) is 0 Å². The van der Waals surface area contributed by atoms with Gasteiger partial charge in [-0.2, -0.15) is 0 Å². The highest BCUT2D eigenvalue weighted by molar-refractivity contribution is 7.89. The highest BCUT2D eigenvalue weighted by Crippen LogP contribution is 2.33. The third-order valence-corrected chi connectivity index (χ3v) is 7.70. The molecule has 2 atom stereocenters. The van der Waals surface area contributed by atoms with Crippen molar-refractivity contribution >= 4 is 21.6 Å². The van der Waals surface area contributed by atoms with Crippen LogP contribution in [0.5, 0.6) is 0 Å². The fraction of sp³-hybridized carbons (Fsp3) is 0.706. The monoisotopic (exact) mass is 386 g/mol. The Morgan fingerprint density at radius 1 is 1.24 bits per heavy atom. The van der Waals surface area contributed by atoms with E-state index in [0.29, 0.717) is 18.5 Å². The van der Waals surface area contributed by atoms with Crippen molar-refractivity contribution in [2.75, 3.05) is 39.5 Å². The number of likely N-dealkylation sites (tertiary alicyclic amines) is 2. The number of hydrogen-bond donors (Lipinski definition) is 0. The second-order valence-electron chi connectivity index (χ2n) is 7.14. The van der Waals surface area contributed by atoms with Gasteiger partial charge in [-0.05, 0) is 37.4 Å². The van der Waals surface area contributed by atoms with Gasteiger partial charge in [-0.15, -0.1) is 0 Å². The predicted octanol–water partition coefficient (Wildman–Crippen LogP) is 1.67. The zero-order chi connectivity index (χ0) is 18.0. The highest BCUT2D eigenvalue weighted by Gasteiger charge is 2.42. The zero-order valence-electron chi connectivity index (χ0n) is 14.9. The Kier molecular flexibility index (Phi) is 6.00. The minimum atomic E-state index is -3.09. The molecule has 0 spiro atoms. The van der Waals surface area contributed by atoms with Gasteiger partial charge in [-0.1, -0.05) is 11.6 Å². The Morgan fingerprint density at radius 3 is 2.60 bits per heavy atom. The summed E-state index contributed by atoms with van der Waals surface area (Å²) in [6, 6.07) is 3.09. The van der Waals surface area contributed by atoms with Crippen LogP contribution in [0.4, 0.5) is 0 Å². The van der Waals surface area contributed by atoms with Crippen molar-refractivity contribution in [1.29, 1.82) is 0 Å². The first-order valence-electron chi connectivity index (χ1n) is 8.85. The summed E-state index contributed by atoms with van der Waals surface area (Å²) >= 11 is 6.25. The second-order valence-corrected chi connectivity index (χ2v) is 9.85. The fourth-order valence-electron chi connectivity index (χ4n) is 4.02. The molecular weight excluding hydrogens is 360 g/mol. The zero-order valence-corrected chi connectivity index (χ0v) is 16.5. The second kappa shape index (κ2) is 7.88. The average molecular weight is 387 g/mol. The van der Waals surface area contributed by atoms with Crippen LogP contribution in [0.25, 0.3) is 0 Å². The molecule has 6 nitrogen and oxygen atoms in total. The van der Waals surface area contributed by atoms with E-state index >= 15 is 0 Å². The summed E-state index contributed by atoms with van der Waals surface area (Å²) in [4.78, 5) is 9.05. The van der Waals surface area contributed by atoms with Crippen LogP contribution in [0, 0.1) is 0 Å². The van der Waals surface area contributed by atoms with Crippen molar-refractivity contribution < 1.29 is 8.42 Å². The van der Waals surface area contributed by atoms with E-state index in [1.807, 2.05) is 6.07 Å². The van der Waals surface area contributed by atoms with E-state index < -0.39 is 10.0 Å². The molecule has 3 rings (SSSR count). The van der Waals surface area contributed by atoms with Gasteiger partial charge in [0.2, 0.25) is 10.0 Å². The normalized spacial score (nSPS) is 25.0. The van der Waals surface area contributed by atoms with E-state index in [1.54, 1.807) is 26.5 Å². The summed E-state index contributed by atoms with van der Waals surface area (Å²) in [5, 5.41) is 0.731. The highest BCUT2D eigenvalue weighted by atomic mass is 35.5. The molecule has 2 saturated heterocycles. The minimum absolute atomic E-state index is 0.226. The van der Waals surface area contributed by atoms with E-state index in [2.05, 4.69) is 14.8 Å². The molecule has 3 heterocycles. The van der Waals surface area contributed by atoms with E-state index in [4.69, 9.17) is 11.6 Å². The molecule has 1 aromatic rings. The topological polar surface area (TPSA) is 56.8 Å². The van der Waals surface area contributed by atoms with Gasteiger partial charge in [-0.3, -0.25) is 14.8 Å². The Labute approximate surface area is 155 Å². The van der Waals surface area contributed by atoms with Gasteiger partial charge in [0.25, 0.3) is 0 Å². The molecule has 8 heteroatoms. The Balaban J connectivity index is 1.53. The van der Waals surface area contributed by atoms with Gasteiger partial charge < -0.3 is 0 Å². The molecular formula is C17H27ClN4O2S. The molecule has 25 heavy (non-hydrogen) atoms. The van der Waals surface area contributed by atoms with Crippen LogP contribution in [-0.2, 0) is 16.6 Å². The van der Waals surface area contributed by atoms with Crippen molar-refractivity contribution in [2.45, 2.75) is 37.9 Å². The number of aromatic nitrogens is 1. The molecule has 0 N–H and O–H groups in total. The number of hydrogen-bond acceptors (Lipinski definition) is 5. The molecule has 0 radical (unpaired) electrons. The molecule has 0 unspecified atom stereocenters. The predicted molar refractivity (Wildman–Crippen MR) is 100 cm³/mol. The van der Waals surface area contributed by atoms with Gasteiger partial charge in [0.15, 0.2) is 0 Å². The number of nitrogens with zero attached hydrogens (tertiary/aromatic N) is 4. The number of pyridine rings is 1. The molecule has 140 valence electrons. The largest absolute Gasteiger partial charge is 0.299 e. The molecule has 0 bridgehead atoms. The molecule has 0 aromatic carbocycles. The molecule has 0 saturated carbocycles. The number of rotatable bonds is 7. The van der Waals surface area contributed by atoms with Crippen molar-refractivity contribution in [3.63, 3.8) is 0 Å². The smallest absolute Gasteiger partial charge is 0.213 e. The standard InChI is InChI=1S/C17H27ClN4O2S/c1-20(2)25(23,24)11-3-8-21-9-5-17-16(21)6-10-22(17)13-14-4-7-19-12-15(14)18/h4,7,12,16-17H,3,5-6,8-11,13H2,1-2H3/t16-,17-/m0/s1. The van der Waals surface area contributed by atoms with Crippen LogP contribution < -0.4 is 0 Å². The third-order valence-electron chi connectivity index (χ3n) is 5.44. The minimum Gasteiger partial charge on any atom is -0.299 e. The molecule has 0 amide bonds. The molecule has 0 aliphatic carbocycles. The van der Waals surface area contributed by atoms with Gasteiger partial charge in [0, 0.05) is 58.2 Å². The maximum Gasteiger partial charge on any atom is 0.213 e. The lowest BCUT2D eigenvalue weighted by molar-refractivity contribution is 0.217. The van der Waals surface area contributed by atoms with Crippen LogP contribution in [0.2, 0.25) is 5.02 Å². The Bertz CT molecular complexity index is 698. The first kappa shape index (κ1) is 19.0. The lowest BCUT2D eigenvalue weighted by Crippen LogP contribution is -2.37. The number of sulfonamides is 1. The first-order chi connectivity index (χ1) is 11.9. The molecule has 2 fully saturated rings. The average Bonchev–Trinajstić information content (AvgIpc) is 3.13. The summed E-state index contributed by atoms with van der Waals surface area (Å²) in [6.07, 6.45) is 6.49. The van der Waals surface area contributed by atoms with Crippen molar-refractivity contribution in [3.05, 3.63) is 29.0 Å². The van der Waals surface area contributed by atoms with Gasteiger partial charge in [0.05, 0.1) is 10.8 Å². The number of fused-ring (bicyclic) bond motifs is 1. The van der Waals surface area contributed by atoms with Crippen molar-refractivity contribution in [2.24, 2.45) is 0 Å². The van der Waals surface area contributed by atoms with Crippen LogP contribution in [0.1, 0.15) is 24.8 Å². The summed E-state index contributed by atoms with van der Waals surface area (Å²) in [5.41, 5.74) is 1.13. The van der Waals surface area contributed by atoms with Crippen LogP contribution in [0.3, 0.4) is 0 Å². The lowest BCUT2D eigenvalue weighted by Gasteiger charge is -2.26. The van der Waals surface area contributed by atoms with Gasteiger partial charge in [-0.25, -0.2) is 12.7 Å². The summed E-state index contributed by atoms with van der Waals surface area (Å²) < 4.78 is 25.1. The Hall–Kier alpha value is -0.730. The summed E-state index contributed by atoms with van der Waals surface area (Å²) in [7, 11) is 0.102. The quantitative estimate of drug-likeness (QED) is 0.713. The molecule has 2 aliphatic rings. The fourth-order valence-corrected chi connectivity index (χ4v) is 5.06. The molecule has 2 aliphatic heterocycles. The van der Waals surface area contributed by atoms with Crippen molar-refractivity contribution in [1.82, 2.24) is 19.1 Å². The SMILES string of the molecule is CN(C)S(=O)(=O)CCCN1CC[C@H]2[C@@H]1CCN2Cc1ccncc1Cl. The van der Waals surface area contributed by atoms with E-state index in [1.165, 1.54) is 4.31 Å². The van der Waals surface area contributed by atoms with Crippen LogP contribution >= 0.6 is 11.6 Å². The maximum atomic E-state index is 11.9. The van der Waals surface area contributed by atoms with Gasteiger partial charge >= 0.3 is 0 Å². The summed E-state index contributed by atoms with van der Waals surface area (Å²) in [5.74, 6) is 0.226. The molecule has 1 aromatic heterocycles. The van der Waals surface area contributed by atoms with E-state index in [-0.39, 0.29) is 5.75 Å².